The number of aryl methyl sites for hydroxylation is 15. The zero-order valence-electron chi connectivity index (χ0n) is 68.5. The fourth-order valence-electron chi connectivity index (χ4n) is 17.6. The van der Waals surface area contributed by atoms with Crippen LogP contribution in [0.1, 0.15) is 228 Å². The maximum atomic E-state index is 8.92. The van der Waals surface area contributed by atoms with E-state index in [2.05, 4.69) is 203 Å². The molecular weight excluding hydrogens is 1510 g/mol. The maximum absolute atomic E-state index is 8.92. The second-order valence-electron chi connectivity index (χ2n) is 34.3. The largest absolute Gasteiger partial charge is 0.379 e. The minimum atomic E-state index is 0. The number of fused-ring (bicyclic) bond motifs is 6. The normalized spacial score (nSPS) is 17.9. The molecule has 0 radical (unpaired) electrons. The van der Waals surface area contributed by atoms with Gasteiger partial charge >= 0.3 is 0 Å². The molecule has 2 fully saturated rings. The molecule has 10 aromatic rings. The van der Waals surface area contributed by atoms with Crippen LogP contribution >= 0.6 is 60.4 Å². The van der Waals surface area contributed by atoms with Crippen molar-refractivity contribution in [2.75, 3.05) is 52.6 Å². The maximum Gasteiger partial charge on any atom is 0.115 e. The summed E-state index contributed by atoms with van der Waals surface area (Å²) in [6.07, 6.45) is 43.2. The standard InChI is InChI=1S/C19H20N2.C17H20N2.C16H17ClN2.C16H20N2.C15H20ClNO.C14H19NO.3ClH/c1-19(2)8-7-17-6-5-14(10-18(17)19)3-4-15-9-16(11-20)13-21-12-15;1-17(2)8-7-15-6-5-13(9-16(15)17)3-4-14-10-18-12-19-11-14;1-11-2-4-13-7-16(17)14(6-15(11)13)5-3-12-8-18-10-19-9-12;1-16(2)7-5-14-4-3-13(11-15(14)16)6-9-18-10-8-17-12-18;1-11-2-3-12-9-15(16)13(8-14(11)12)10-17-4-6-18-7-5-17;1-2-13-5-4-12(10-14(13)3-1)11-15-6-8-16-9-7-15;;;/h5-6,9-10,12-13H,3-4,7-8H2,1-2H3;5-6,9-12H,3-4,7-8H2,1-2H3;6-11H,2-5H2,1H3;3-4,8,10-12H,5-7,9H2,1-2H3;8-9,11H,2-7,10H2,1H3;4-5,10H,1-3,6-9,11H2;3*1H. The molecule has 0 spiro atoms. The van der Waals surface area contributed by atoms with Crippen molar-refractivity contribution in [2.45, 2.75) is 232 Å². The Labute approximate surface area is 708 Å². The number of imidazole rings is 1. The lowest BCUT2D eigenvalue weighted by atomic mass is 9.85. The van der Waals surface area contributed by atoms with E-state index in [0.29, 0.717) is 33.6 Å². The molecule has 4 aromatic heterocycles. The van der Waals surface area contributed by atoms with Gasteiger partial charge in [-0.2, -0.15) is 5.26 Å². The zero-order valence-corrected chi connectivity index (χ0v) is 72.5. The topological polar surface area (TPSA) is 131 Å². The summed E-state index contributed by atoms with van der Waals surface area (Å²) in [6.45, 7) is 29.5. The van der Waals surface area contributed by atoms with Crippen molar-refractivity contribution in [2.24, 2.45) is 0 Å². The third-order valence-electron chi connectivity index (χ3n) is 24.8. The Kier molecular flexibility index (Phi) is 32.9. The number of hydrogen-bond donors (Lipinski definition) is 0. The van der Waals surface area contributed by atoms with Gasteiger partial charge in [0.05, 0.1) is 38.3 Å². The van der Waals surface area contributed by atoms with Crippen LogP contribution in [0.2, 0.25) is 10.0 Å². The molecule has 6 aliphatic carbocycles. The van der Waals surface area contributed by atoms with Crippen LogP contribution in [-0.4, -0.2) is 96.9 Å². The summed E-state index contributed by atoms with van der Waals surface area (Å²) in [5, 5.41) is 10.8. The summed E-state index contributed by atoms with van der Waals surface area (Å²) in [5.41, 5.74) is 31.7. The Hall–Kier alpha value is -7.38. The molecule has 2 saturated heterocycles. The average molecular weight is 1630 g/mol. The van der Waals surface area contributed by atoms with Gasteiger partial charge in [0.1, 0.15) is 18.7 Å². The van der Waals surface area contributed by atoms with Gasteiger partial charge in [-0.05, 0) is 292 Å². The molecular formula is C97H119Cl5N10O2. The third kappa shape index (κ3) is 24.2. The van der Waals surface area contributed by atoms with Crippen molar-refractivity contribution in [1.82, 2.24) is 44.3 Å². The number of hydrogen-bond acceptors (Lipinski definition) is 11. The molecule has 114 heavy (non-hydrogen) atoms. The number of ether oxygens (including phenoxy) is 2. The first kappa shape index (κ1) is 89.0. The van der Waals surface area contributed by atoms with E-state index < -0.39 is 0 Å². The Balaban J connectivity index is 0.000000144. The van der Waals surface area contributed by atoms with E-state index in [4.69, 9.17) is 37.9 Å². The summed E-state index contributed by atoms with van der Waals surface area (Å²) < 4.78 is 12.9. The number of nitriles is 1. The first-order valence-corrected chi connectivity index (χ1v) is 42.0. The van der Waals surface area contributed by atoms with Gasteiger partial charge in [0, 0.05) is 105 Å². The van der Waals surface area contributed by atoms with Crippen molar-refractivity contribution in [1.29, 1.82) is 5.26 Å². The Morgan fingerprint density at radius 2 is 0.860 bits per heavy atom. The molecule has 6 aromatic carbocycles. The molecule has 0 amide bonds. The summed E-state index contributed by atoms with van der Waals surface area (Å²) in [7, 11) is 0. The molecule has 18 rings (SSSR count). The number of benzene rings is 6. The van der Waals surface area contributed by atoms with Crippen LogP contribution in [0.25, 0.3) is 0 Å². The fraction of sp³-hybridized carbons (Fsp3) is 0.454. The lowest BCUT2D eigenvalue weighted by molar-refractivity contribution is 0.0341. The van der Waals surface area contributed by atoms with E-state index in [-0.39, 0.29) is 37.2 Å². The van der Waals surface area contributed by atoms with Crippen LogP contribution in [0.15, 0.2) is 172 Å². The fourth-order valence-corrected chi connectivity index (χ4v) is 18.1. The van der Waals surface area contributed by atoms with Crippen molar-refractivity contribution in [3.05, 3.63) is 304 Å². The predicted octanol–water partition coefficient (Wildman–Crippen LogP) is 21.3. The van der Waals surface area contributed by atoms with Crippen LogP contribution in [0.4, 0.5) is 0 Å². The molecule has 0 bridgehead atoms. The molecule has 6 heterocycles. The highest BCUT2D eigenvalue weighted by atomic mass is 35.5. The highest BCUT2D eigenvalue weighted by molar-refractivity contribution is 6.31. The second-order valence-corrected chi connectivity index (χ2v) is 35.1. The number of halogens is 5. The first-order chi connectivity index (χ1) is 53.8. The van der Waals surface area contributed by atoms with Gasteiger partial charge in [-0.25, -0.2) is 24.9 Å². The average Bonchev–Trinajstić information content (AvgIpc) is 1.65. The van der Waals surface area contributed by atoms with Crippen molar-refractivity contribution in [3.8, 4) is 6.07 Å². The van der Waals surface area contributed by atoms with E-state index in [9.17, 15) is 0 Å². The molecule has 8 aliphatic rings. The minimum Gasteiger partial charge on any atom is -0.379 e. The lowest BCUT2D eigenvalue weighted by Gasteiger charge is -2.27. The van der Waals surface area contributed by atoms with Gasteiger partial charge in [0.2, 0.25) is 0 Å². The quantitative estimate of drug-likeness (QED) is 0.0916. The molecule has 604 valence electrons. The second kappa shape index (κ2) is 42.1. The Morgan fingerprint density at radius 1 is 0.421 bits per heavy atom. The van der Waals surface area contributed by atoms with Crippen molar-refractivity contribution < 1.29 is 9.47 Å². The summed E-state index contributed by atoms with van der Waals surface area (Å²) in [4.78, 5) is 29.3. The molecule has 0 N–H and O–H groups in total. The van der Waals surface area contributed by atoms with E-state index in [1.807, 2.05) is 55.8 Å². The molecule has 2 unspecified atom stereocenters. The van der Waals surface area contributed by atoms with Crippen LogP contribution in [-0.2, 0) is 135 Å². The summed E-state index contributed by atoms with van der Waals surface area (Å²) in [6, 6.07) is 41.1. The van der Waals surface area contributed by atoms with Gasteiger partial charge in [0.15, 0.2) is 0 Å². The highest BCUT2D eigenvalue weighted by Gasteiger charge is 2.33. The van der Waals surface area contributed by atoms with Crippen LogP contribution in [0, 0.1) is 11.3 Å². The number of aromatic nitrogens is 7. The van der Waals surface area contributed by atoms with E-state index in [1.54, 1.807) is 46.7 Å². The number of pyridine rings is 1. The van der Waals surface area contributed by atoms with Gasteiger partial charge in [-0.3, -0.25) is 14.8 Å². The van der Waals surface area contributed by atoms with Gasteiger partial charge < -0.3 is 14.0 Å². The number of nitrogens with zero attached hydrogens (tertiary/aromatic N) is 10. The summed E-state index contributed by atoms with van der Waals surface area (Å²) in [5.74, 6) is 1.37. The minimum absolute atomic E-state index is 0. The van der Waals surface area contributed by atoms with Crippen LogP contribution < -0.4 is 0 Å². The predicted molar refractivity (Wildman–Crippen MR) is 473 cm³/mol. The van der Waals surface area contributed by atoms with Gasteiger partial charge in [-0.1, -0.05) is 164 Å². The first-order valence-electron chi connectivity index (χ1n) is 41.3. The van der Waals surface area contributed by atoms with E-state index in [0.717, 1.165) is 138 Å². The Bertz CT molecular complexity index is 4760. The van der Waals surface area contributed by atoms with Gasteiger partial charge in [0.25, 0.3) is 0 Å². The van der Waals surface area contributed by atoms with Gasteiger partial charge in [-0.15, -0.1) is 37.2 Å². The van der Waals surface area contributed by atoms with Crippen molar-refractivity contribution >= 4 is 60.4 Å². The molecule has 0 saturated carbocycles. The molecule has 17 heteroatoms. The molecule has 12 nitrogen and oxygen atoms in total. The highest BCUT2D eigenvalue weighted by Crippen LogP contribution is 2.43. The smallest absolute Gasteiger partial charge is 0.115 e. The van der Waals surface area contributed by atoms with E-state index >= 15 is 0 Å². The SMILES string of the molecule is CC1(C)CCc2ccc(CCc3cncc(C#N)c3)cc21.CC1(C)CCc2ccc(CCc3cncnc3)cc21.CC1(C)CCc2ccc(CCn3ccnc3)cc21.CC1CCc2cc(Cl)c(CCc3cncnc3)cc21.CC1CCc2cc(Cl)c(CN3CCOCC3)cc21.Cl.Cl.Cl.c1cc2c(cc1CN1CCOCC1)CCC2. The lowest BCUT2D eigenvalue weighted by Crippen LogP contribution is -2.35. The molecule has 2 atom stereocenters. The van der Waals surface area contributed by atoms with E-state index in [1.165, 1.54) is 161 Å². The van der Waals surface area contributed by atoms with Crippen molar-refractivity contribution in [3.63, 3.8) is 0 Å². The Morgan fingerprint density at radius 3 is 1.37 bits per heavy atom. The number of morpholine rings is 2. The van der Waals surface area contributed by atoms with Crippen LogP contribution in [0.5, 0.6) is 0 Å². The summed E-state index contributed by atoms with van der Waals surface area (Å²) >= 11 is 12.8. The monoisotopic (exact) mass is 1630 g/mol. The zero-order chi connectivity index (χ0) is 77.3. The van der Waals surface area contributed by atoms with Crippen LogP contribution in [0.3, 0.4) is 0 Å². The third-order valence-corrected chi connectivity index (χ3v) is 25.5. The number of rotatable bonds is 16. The molecule has 2 aliphatic heterocycles.